The predicted octanol–water partition coefficient (Wildman–Crippen LogP) is 4.32. The number of para-hydroxylation sites is 1. The van der Waals surface area contributed by atoms with Crippen molar-refractivity contribution in [2.45, 2.75) is 24.3 Å². The molecule has 1 aliphatic rings. The van der Waals surface area contributed by atoms with E-state index >= 15 is 0 Å². The van der Waals surface area contributed by atoms with E-state index in [9.17, 15) is 23.3 Å². The van der Waals surface area contributed by atoms with Crippen LogP contribution in [0.5, 0.6) is 0 Å². The molecule has 0 radical (unpaired) electrons. The van der Waals surface area contributed by atoms with Crippen LogP contribution in [-0.4, -0.2) is 25.8 Å². The molecular formula is C23H20ClN3O5S. The number of benzene rings is 3. The van der Waals surface area contributed by atoms with Crippen LogP contribution >= 0.6 is 11.6 Å². The van der Waals surface area contributed by atoms with E-state index in [2.05, 4.69) is 5.32 Å². The molecule has 0 atom stereocenters. The lowest BCUT2D eigenvalue weighted by molar-refractivity contribution is -0.384. The Labute approximate surface area is 196 Å². The maximum Gasteiger partial charge on any atom is 0.269 e. The fourth-order valence-electron chi connectivity index (χ4n) is 3.73. The average Bonchev–Trinajstić information content (AvgIpc) is 2.82. The van der Waals surface area contributed by atoms with Crippen molar-refractivity contribution in [1.82, 2.24) is 5.32 Å². The third-order valence-electron chi connectivity index (χ3n) is 5.44. The number of nitrogens with one attached hydrogen (secondary N) is 1. The predicted molar refractivity (Wildman–Crippen MR) is 125 cm³/mol. The molecule has 4 rings (SSSR count). The number of halogens is 1. The molecule has 1 heterocycles. The Morgan fingerprint density at radius 3 is 2.55 bits per heavy atom. The monoisotopic (exact) mass is 485 g/mol. The summed E-state index contributed by atoms with van der Waals surface area (Å²) in [6, 6.07) is 17.2. The van der Waals surface area contributed by atoms with Crippen LogP contribution in [0.2, 0.25) is 5.02 Å². The molecule has 0 unspecified atom stereocenters. The highest BCUT2D eigenvalue weighted by Gasteiger charge is 2.30. The number of carbonyl (C=O) groups is 1. The second-order valence-corrected chi connectivity index (χ2v) is 9.83. The number of nitro benzene ring substituents is 1. The molecule has 0 spiro atoms. The molecule has 0 aliphatic carbocycles. The van der Waals surface area contributed by atoms with Gasteiger partial charge in [0.2, 0.25) is 0 Å². The number of anilines is 1. The van der Waals surface area contributed by atoms with Crippen LogP contribution in [0, 0.1) is 10.1 Å². The van der Waals surface area contributed by atoms with Crippen LogP contribution in [0.4, 0.5) is 11.4 Å². The summed E-state index contributed by atoms with van der Waals surface area (Å²) in [4.78, 5) is 23.0. The fraction of sp³-hybridized carbons (Fsp3) is 0.174. The van der Waals surface area contributed by atoms with Gasteiger partial charge in [0.05, 0.1) is 26.1 Å². The zero-order valence-electron chi connectivity index (χ0n) is 17.4. The molecule has 170 valence electrons. The molecule has 0 bridgehead atoms. The summed E-state index contributed by atoms with van der Waals surface area (Å²) >= 11 is 6.20. The number of sulfonamides is 1. The number of non-ortho nitro benzene ring substituents is 1. The van der Waals surface area contributed by atoms with E-state index in [1.807, 2.05) is 12.1 Å². The standard InChI is InChI=1S/C23H20ClN3O5S/c24-21-12-11-19(33(31,32)26-13-3-5-17-4-1-2-6-22(17)26)14-20(21)23(28)25-15-16-7-9-18(10-8-16)27(29)30/h1-2,4,6-12,14H,3,5,13,15H2,(H,25,28). The number of aryl methyl sites for hydroxylation is 1. The molecule has 0 saturated carbocycles. The first-order chi connectivity index (χ1) is 15.8. The highest BCUT2D eigenvalue weighted by Crippen LogP contribution is 2.32. The average molecular weight is 486 g/mol. The van der Waals surface area contributed by atoms with Crippen molar-refractivity contribution in [2.24, 2.45) is 0 Å². The number of rotatable bonds is 6. The van der Waals surface area contributed by atoms with Crippen molar-refractivity contribution in [3.8, 4) is 0 Å². The van der Waals surface area contributed by atoms with Crippen molar-refractivity contribution in [1.29, 1.82) is 0 Å². The minimum atomic E-state index is -3.90. The number of carbonyl (C=O) groups excluding carboxylic acids is 1. The molecule has 1 aliphatic heterocycles. The van der Waals surface area contributed by atoms with Crippen LogP contribution in [0.3, 0.4) is 0 Å². The number of hydrogen-bond acceptors (Lipinski definition) is 5. The van der Waals surface area contributed by atoms with Gasteiger partial charge in [0.25, 0.3) is 21.6 Å². The topological polar surface area (TPSA) is 110 Å². The summed E-state index contributed by atoms with van der Waals surface area (Å²) in [5, 5.41) is 13.6. The third kappa shape index (κ3) is 4.69. The van der Waals surface area contributed by atoms with Gasteiger partial charge >= 0.3 is 0 Å². The highest BCUT2D eigenvalue weighted by atomic mass is 35.5. The van der Waals surface area contributed by atoms with E-state index in [0.29, 0.717) is 24.2 Å². The maximum atomic E-state index is 13.4. The van der Waals surface area contributed by atoms with Crippen LogP contribution in [0.15, 0.2) is 71.6 Å². The van der Waals surface area contributed by atoms with Gasteiger partial charge in [-0.25, -0.2) is 8.42 Å². The molecule has 3 aromatic rings. The highest BCUT2D eigenvalue weighted by molar-refractivity contribution is 7.92. The van der Waals surface area contributed by atoms with E-state index in [1.54, 1.807) is 12.1 Å². The van der Waals surface area contributed by atoms with Crippen LogP contribution in [0.25, 0.3) is 0 Å². The first-order valence-corrected chi connectivity index (χ1v) is 12.0. The van der Waals surface area contributed by atoms with Gasteiger partial charge < -0.3 is 5.32 Å². The van der Waals surface area contributed by atoms with Gasteiger partial charge in [-0.3, -0.25) is 19.2 Å². The smallest absolute Gasteiger partial charge is 0.269 e. The maximum absolute atomic E-state index is 13.4. The first-order valence-electron chi connectivity index (χ1n) is 10.2. The summed E-state index contributed by atoms with van der Waals surface area (Å²) in [5.41, 5.74) is 2.24. The largest absolute Gasteiger partial charge is 0.348 e. The molecule has 1 amide bonds. The van der Waals surface area contributed by atoms with E-state index < -0.39 is 20.9 Å². The summed E-state index contributed by atoms with van der Waals surface area (Å²) in [5.74, 6) is -0.547. The van der Waals surface area contributed by atoms with Crippen LogP contribution < -0.4 is 9.62 Å². The lowest BCUT2D eigenvalue weighted by Gasteiger charge is -2.30. The molecular weight excluding hydrogens is 466 g/mol. The van der Waals surface area contributed by atoms with Gasteiger partial charge in [-0.2, -0.15) is 0 Å². The van der Waals surface area contributed by atoms with Crippen molar-refractivity contribution < 1.29 is 18.1 Å². The van der Waals surface area contributed by atoms with Gasteiger partial charge in [-0.1, -0.05) is 41.9 Å². The Kier molecular flexibility index (Phi) is 6.35. The Hall–Kier alpha value is -3.43. The second kappa shape index (κ2) is 9.21. The summed E-state index contributed by atoms with van der Waals surface area (Å²) in [7, 11) is -3.90. The fourth-order valence-corrected chi connectivity index (χ4v) is 5.50. The zero-order chi connectivity index (χ0) is 23.6. The SMILES string of the molecule is O=C(NCc1ccc([N+](=O)[O-])cc1)c1cc(S(=O)(=O)N2CCCc3ccccc32)ccc1Cl. The van der Waals surface area contributed by atoms with Gasteiger partial charge in [-0.15, -0.1) is 0 Å². The molecule has 0 fully saturated rings. The second-order valence-electron chi connectivity index (χ2n) is 7.56. The molecule has 3 aromatic carbocycles. The number of amides is 1. The Bertz CT molecular complexity index is 1330. The summed E-state index contributed by atoms with van der Waals surface area (Å²) in [6.07, 6.45) is 1.51. The Balaban J connectivity index is 1.56. The van der Waals surface area contributed by atoms with Crippen molar-refractivity contribution in [3.05, 3.63) is 98.6 Å². The van der Waals surface area contributed by atoms with E-state index in [-0.39, 0.29) is 27.7 Å². The molecule has 1 N–H and O–H groups in total. The first kappa shape index (κ1) is 22.8. The number of nitrogens with zero attached hydrogens (tertiary/aromatic N) is 2. The Morgan fingerprint density at radius 2 is 1.82 bits per heavy atom. The van der Waals surface area contributed by atoms with Crippen molar-refractivity contribution >= 4 is 38.9 Å². The number of hydrogen-bond donors (Lipinski definition) is 1. The van der Waals surface area contributed by atoms with Gasteiger partial charge in [0.15, 0.2) is 0 Å². The van der Waals surface area contributed by atoms with Crippen LogP contribution in [-0.2, 0) is 23.0 Å². The lowest BCUT2D eigenvalue weighted by atomic mass is 10.0. The summed E-state index contributed by atoms with van der Waals surface area (Å²) in [6.45, 7) is 0.452. The lowest BCUT2D eigenvalue weighted by Crippen LogP contribution is -2.35. The van der Waals surface area contributed by atoms with E-state index in [4.69, 9.17) is 11.6 Å². The van der Waals surface area contributed by atoms with E-state index in [1.165, 1.54) is 46.8 Å². The van der Waals surface area contributed by atoms with Crippen molar-refractivity contribution in [3.63, 3.8) is 0 Å². The minimum Gasteiger partial charge on any atom is -0.348 e. The number of fused-ring (bicyclic) bond motifs is 1. The zero-order valence-corrected chi connectivity index (χ0v) is 19.0. The minimum absolute atomic E-state index is 0.0240. The van der Waals surface area contributed by atoms with Crippen molar-refractivity contribution in [2.75, 3.05) is 10.8 Å². The molecule has 10 heteroatoms. The molecule has 0 saturated heterocycles. The normalized spacial score (nSPS) is 13.3. The summed E-state index contributed by atoms with van der Waals surface area (Å²) < 4.78 is 28.2. The third-order valence-corrected chi connectivity index (χ3v) is 7.58. The number of nitro groups is 1. The Morgan fingerprint density at radius 1 is 1.09 bits per heavy atom. The van der Waals surface area contributed by atoms with Crippen LogP contribution in [0.1, 0.15) is 27.9 Å². The molecule has 0 aromatic heterocycles. The van der Waals surface area contributed by atoms with E-state index in [0.717, 1.165) is 12.0 Å². The van der Waals surface area contributed by atoms with Gasteiger partial charge in [-0.05, 0) is 48.2 Å². The quantitative estimate of drug-likeness (QED) is 0.413. The molecule has 33 heavy (non-hydrogen) atoms. The van der Waals surface area contributed by atoms with Gasteiger partial charge in [0.1, 0.15) is 0 Å². The van der Waals surface area contributed by atoms with Gasteiger partial charge in [0, 0.05) is 25.2 Å². The molecule has 8 nitrogen and oxygen atoms in total.